The fraction of sp³-hybridized carbons (Fsp3) is 0.516. The molecule has 2 atom stereocenters. The summed E-state index contributed by atoms with van der Waals surface area (Å²) in [6, 6.07) is 10.7. The standard InChI is InChI=1S/C31H36Cl3N3O3/c1-4-19-15-22(6-7-24(19)32)28(38)35(3)27-18-37(17-23(27)21-5-8-25(33)26(34)16-21)29(39)20-9-13-36(14-10-20)30(40)31(2)11-12-31/h5-8,15-16,20,23,27H,4,9-14,17-18H2,1-3H3/t23-,27+/m0/s1. The minimum absolute atomic E-state index is 0.0953. The summed E-state index contributed by atoms with van der Waals surface area (Å²) in [7, 11) is 1.80. The van der Waals surface area contributed by atoms with E-state index in [1.54, 1.807) is 30.1 Å². The summed E-state index contributed by atoms with van der Waals surface area (Å²) in [5.74, 6) is -0.0438. The first-order valence-electron chi connectivity index (χ1n) is 14.1. The first-order chi connectivity index (χ1) is 19.0. The molecule has 0 unspecified atom stereocenters. The second-order valence-corrected chi connectivity index (χ2v) is 13.0. The fourth-order valence-electron chi connectivity index (χ4n) is 6.13. The van der Waals surface area contributed by atoms with Gasteiger partial charge in [0.25, 0.3) is 5.91 Å². The van der Waals surface area contributed by atoms with Gasteiger partial charge in [0, 0.05) is 61.1 Å². The Bertz CT molecular complexity index is 1320. The van der Waals surface area contributed by atoms with Crippen molar-refractivity contribution in [2.24, 2.45) is 11.3 Å². The monoisotopic (exact) mass is 603 g/mol. The van der Waals surface area contributed by atoms with E-state index in [4.69, 9.17) is 34.8 Å². The van der Waals surface area contributed by atoms with Crippen LogP contribution in [0, 0.1) is 11.3 Å². The van der Waals surface area contributed by atoms with Crippen LogP contribution in [0.25, 0.3) is 0 Å². The Balaban J connectivity index is 1.34. The average molecular weight is 605 g/mol. The van der Waals surface area contributed by atoms with Gasteiger partial charge in [0.2, 0.25) is 11.8 Å². The molecule has 2 saturated heterocycles. The maximum absolute atomic E-state index is 13.8. The number of likely N-dealkylation sites (N-methyl/N-ethyl adjacent to an activating group) is 1. The molecule has 0 aromatic heterocycles. The van der Waals surface area contributed by atoms with Crippen molar-refractivity contribution < 1.29 is 14.4 Å². The number of amides is 3. The zero-order valence-electron chi connectivity index (χ0n) is 23.3. The molecule has 40 heavy (non-hydrogen) atoms. The molecule has 3 fully saturated rings. The Labute approximate surface area is 251 Å². The number of hydrogen-bond donors (Lipinski definition) is 0. The van der Waals surface area contributed by atoms with Gasteiger partial charge in [0.05, 0.1) is 16.1 Å². The number of nitrogens with zero attached hydrogens (tertiary/aromatic N) is 3. The van der Waals surface area contributed by atoms with E-state index in [0.29, 0.717) is 59.7 Å². The van der Waals surface area contributed by atoms with Gasteiger partial charge in [-0.25, -0.2) is 0 Å². The van der Waals surface area contributed by atoms with Crippen LogP contribution >= 0.6 is 34.8 Å². The molecule has 2 aromatic rings. The van der Waals surface area contributed by atoms with E-state index in [9.17, 15) is 14.4 Å². The second-order valence-electron chi connectivity index (χ2n) is 11.8. The smallest absolute Gasteiger partial charge is 0.253 e. The highest BCUT2D eigenvalue weighted by molar-refractivity contribution is 6.42. The van der Waals surface area contributed by atoms with Crippen molar-refractivity contribution in [1.29, 1.82) is 0 Å². The van der Waals surface area contributed by atoms with Crippen LogP contribution in [-0.4, -0.2) is 71.7 Å². The number of likely N-dealkylation sites (tertiary alicyclic amines) is 2. The molecule has 214 valence electrons. The highest BCUT2D eigenvalue weighted by Crippen LogP contribution is 2.47. The number of carbonyl (C=O) groups excluding carboxylic acids is 3. The van der Waals surface area contributed by atoms with E-state index in [2.05, 4.69) is 0 Å². The van der Waals surface area contributed by atoms with Crippen molar-refractivity contribution in [1.82, 2.24) is 14.7 Å². The fourth-order valence-corrected chi connectivity index (χ4v) is 6.69. The van der Waals surface area contributed by atoms with E-state index >= 15 is 0 Å². The molecule has 2 heterocycles. The predicted molar refractivity (Wildman–Crippen MR) is 159 cm³/mol. The lowest BCUT2D eigenvalue weighted by Crippen LogP contribution is -2.46. The van der Waals surface area contributed by atoms with Crippen LogP contribution in [0.2, 0.25) is 15.1 Å². The van der Waals surface area contributed by atoms with Crippen LogP contribution in [0.1, 0.15) is 66.9 Å². The van der Waals surface area contributed by atoms with Gasteiger partial charge in [-0.05, 0) is 73.6 Å². The number of hydrogen-bond acceptors (Lipinski definition) is 3. The van der Waals surface area contributed by atoms with Crippen LogP contribution in [0.4, 0.5) is 0 Å². The van der Waals surface area contributed by atoms with E-state index < -0.39 is 0 Å². The molecular formula is C31H36Cl3N3O3. The van der Waals surface area contributed by atoms with E-state index in [-0.39, 0.29) is 41.0 Å². The van der Waals surface area contributed by atoms with E-state index in [1.807, 2.05) is 41.8 Å². The minimum atomic E-state index is -0.245. The number of carbonyl (C=O) groups is 3. The topological polar surface area (TPSA) is 60.9 Å². The molecule has 0 spiro atoms. The summed E-state index contributed by atoms with van der Waals surface area (Å²) in [4.78, 5) is 45.8. The lowest BCUT2D eigenvalue weighted by Gasteiger charge is -2.34. The Morgan fingerprint density at radius 2 is 1.60 bits per heavy atom. The molecule has 5 rings (SSSR count). The minimum Gasteiger partial charge on any atom is -0.342 e. The van der Waals surface area contributed by atoms with Crippen molar-refractivity contribution >= 4 is 52.5 Å². The van der Waals surface area contributed by atoms with Crippen molar-refractivity contribution in [3.63, 3.8) is 0 Å². The Morgan fingerprint density at radius 3 is 2.23 bits per heavy atom. The zero-order chi connectivity index (χ0) is 28.8. The summed E-state index contributed by atoms with van der Waals surface area (Å²) in [5, 5.41) is 1.56. The van der Waals surface area contributed by atoms with Crippen LogP contribution < -0.4 is 0 Å². The molecule has 9 heteroatoms. The number of halogens is 3. The van der Waals surface area contributed by atoms with Crippen molar-refractivity contribution in [3.8, 4) is 0 Å². The number of aryl methyl sites for hydroxylation is 1. The summed E-state index contributed by atoms with van der Waals surface area (Å²) < 4.78 is 0. The maximum Gasteiger partial charge on any atom is 0.253 e. The molecule has 1 aliphatic carbocycles. The Hall–Kier alpha value is -2.28. The van der Waals surface area contributed by atoms with Gasteiger partial charge in [-0.15, -0.1) is 0 Å². The van der Waals surface area contributed by atoms with E-state index in [0.717, 1.165) is 30.4 Å². The number of benzene rings is 2. The largest absolute Gasteiger partial charge is 0.342 e. The lowest BCUT2D eigenvalue weighted by atomic mass is 9.92. The highest BCUT2D eigenvalue weighted by Gasteiger charge is 2.48. The molecular weight excluding hydrogens is 569 g/mol. The first-order valence-corrected chi connectivity index (χ1v) is 15.2. The molecule has 0 N–H and O–H groups in total. The van der Waals surface area contributed by atoms with Crippen molar-refractivity contribution in [3.05, 3.63) is 68.2 Å². The molecule has 0 radical (unpaired) electrons. The Morgan fingerprint density at radius 1 is 0.925 bits per heavy atom. The van der Waals surface area contributed by atoms with Gasteiger partial charge in [0.1, 0.15) is 0 Å². The first kappa shape index (κ1) is 29.2. The SMILES string of the molecule is CCc1cc(C(=O)N(C)[C@@H]2CN(C(=O)C3CCN(C(=O)C4(C)CC4)CC3)C[C@H]2c2ccc(Cl)c(Cl)c2)ccc1Cl. The molecule has 2 aromatic carbocycles. The third-order valence-corrected chi connectivity index (χ3v) is 10.2. The van der Waals surface area contributed by atoms with Crippen LogP contribution in [-0.2, 0) is 16.0 Å². The number of piperidine rings is 1. The van der Waals surface area contributed by atoms with Gasteiger partial charge in [-0.1, -0.05) is 54.7 Å². The molecule has 6 nitrogen and oxygen atoms in total. The third kappa shape index (κ3) is 5.73. The van der Waals surface area contributed by atoms with Crippen molar-refractivity contribution in [2.45, 2.75) is 57.9 Å². The van der Waals surface area contributed by atoms with Gasteiger partial charge in [-0.2, -0.15) is 0 Å². The third-order valence-electron chi connectivity index (χ3n) is 9.11. The van der Waals surface area contributed by atoms with Crippen molar-refractivity contribution in [2.75, 3.05) is 33.2 Å². The molecule has 3 amide bonds. The maximum atomic E-state index is 13.8. The van der Waals surface area contributed by atoms with Crippen LogP contribution in [0.3, 0.4) is 0 Å². The summed E-state index contributed by atoms with van der Waals surface area (Å²) in [6.45, 7) is 6.19. The number of rotatable bonds is 6. The zero-order valence-corrected chi connectivity index (χ0v) is 25.5. The molecule has 3 aliphatic rings. The predicted octanol–water partition coefficient (Wildman–Crippen LogP) is 6.31. The molecule has 0 bridgehead atoms. The quantitative estimate of drug-likeness (QED) is 0.388. The van der Waals surface area contributed by atoms with Crippen LogP contribution in [0.5, 0.6) is 0 Å². The Kier molecular flexibility index (Phi) is 8.43. The van der Waals surface area contributed by atoms with E-state index in [1.165, 1.54) is 0 Å². The summed E-state index contributed by atoms with van der Waals surface area (Å²) >= 11 is 18.9. The summed E-state index contributed by atoms with van der Waals surface area (Å²) in [5.41, 5.74) is 2.25. The normalized spacial score (nSPS) is 22.4. The van der Waals surface area contributed by atoms with Gasteiger partial charge >= 0.3 is 0 Å². The van der Waals surface area contributed by atoms with Crippen LogP contribution in [0.15, 0.2) is 36.4 Å². The molecule has 2 aliphatic heterocycles. The van der Waals surface area contributed by atoms with Gasteiger partial charge in [0.15, 0.2) is 0 Å². The highest BCUT2D eigenvalue weighted by atomic mass is 35.5. The van der Waals surface area contributed by atoms with Gasteiger partial charge < -0.3 is 14.7 Å². The average Bonchev–Trinajstić information content (AvgIpc) is 3.56. The lowest BCUT2D eigenvalue weighted by molar-refractivity contribution is -0.142. The van der Waals surface area contributed by atoms with Gasteiger partial charge in [-0.3, -0.25) is 14.4 Å². The summed E-state index contributed by atoms with van der Waals surface area (Å²) in [6.07, 6.45) is 3.97. The molecule has 1 saturated carbocycles. The second kappa shape index (κ2) is 11.5.